The first kappa shape index (κ1) is 24.1. The SMILES string of the molecule is COc1cnc2ccc(=O)n(CCN3CCC(N(C)c4cnc5c(c4)OCCO5)CC3)c2c1.Cl. The summed E-state index contributed by atoms with van der Waals surface area (Å²) in [6, 6.07) is 7.68. The van der Waals surface area contributed by atoms with Crippen molar-refractivity contribution >= 4 is 29.1 Å². The molecule has 1 saturated heterocycles. The number of ether oxygens (including phenoxy) is 3. The van der Waals surface area contributed by atoms with E-state index in [0.29, 0.717) is 37.4 Å². The highest BCUT2D eigenvalue weighted by Gasteiger charge is 2.24. The highest BCUT2D eigenvalue weighted by Crippen LogP contribution is 2.32. The molecule has 2 aliphatic heterocycles. The summed E-state index contributed by atoms with van der Waals surface area (Å²) in [6.07, 6.45) is 5.63. The summed E-state index contributed by atoms with van der Waals surface area (Å²) < 4.78 is 18.3. The number of likely N-dealkylation sites (tertiary alicyclic amines) is 1. The molecule has 5 rings (SSSR count). The van der Waals surface area contributed by atoms with E-state index in [-0.39, 0.29) is 18.0 Å². The Kier molecular flexibility index (Phi) is 7.43. The lowest BCUT2D eigenvalue weighted by atomic mass is 10.0. The lowest BCUT2D eigenvalue weighted by Crippen LogP contribution is -2.44. The number of methoxy groups -OCH3 is 1. The second-order valence-electron chi connectivity index (χ2n) is 8.48. The fraction of sp³-hybridized carbons (Fsp3) is 0.458. The van der Waals surface area contributed by atoms with Crippen LogP contribution in [0, 0.1) is 0 Å². The van der Waals surface area contributed by atoms with Gasteiger partial charge >= 0.3 is 0 Å². The fourth-order valence-corrected chi connectivity index (χ4v) is 4.59. The third-order valence-corrected chi connectivity index (χ3v) is 6.58. The molecule has 0 atom stereocenters. The van der Waals surface area contributed by atoms with E-state index < -0.39 is 0 Å². The van der Waals surface area contributed by atoms with Crippen molar-refractivity contribution in [2.45, 2.75) is 25.4 Å². The number of fused-ring (bicyclic) bond motifs is 2. The molecule has 1 fully saturated rings. The first-order chi connectivity index (χ1) is 16.1. The molecule has 0 N–H and O–H groups in total. The quantitative estimate of drug-likeness (QED) is 0.525. The van der Waals surface area contributed by atoms with E-state index in [9.17, 15) is 4.79 Å². The van der Waals surface area contributed by atoms with Gasteiger partial charge in [0.2, 0.25) is 0 Å². The molecule has 9 nitrogen and oxygen atoms in total. The van der Waals surface area contributed by atoms with Crippen LogP contribution in [-0.4, -0.2) is 72.5 Å². The molecule has 0 amide bonds. The second-order valence-corrected chi connectivity index (χ2v) is 8.48. The summed E-state index contributed by atoms with van der Waals surface area (Å²) >= 11 is 0. The minimum absolute atomic E-state index is 0. The first-order valence-corrected chi connectivity index (χ1v) is 11.4. The van der Waals surface area contributed by atoms with Crippen LogP contribution in [-0.2, 0) is 6.54 Å². The summed E-state index contributed by atoms with van der Waals surface area (Å²) in [5.74, 6) is 1.94. The van der Waals surface area contributed by atoms with Crippen molar-refractivity contribution in [2.75, 3.05) is 51.9 Å². The molecule has 3 aromatic rings. The fourth-order valence-electron chi connectivity index (χ4n) is 4.59. The van der Waals surface area contributed by atoms with Crippen molar-refractivity contribution in [1.29, 1.82) is 0 Å². The van der Waals surface area contributed by atoms with Crippen LogP contribution in [0.25, 0.3) is 11.0 Å². The molecule has 2 aliphatic rings. The standard InChI is InChI=1S/C24H29N5O4.ClH/c1-27(18-13-22-24(26-15-18)33-12-11-32-22)17-5-7-28(8-6-17)9-10-29-21-14-19(31-2)16-25-20(21)3-4-23(29)30;/h3-4,13-17H,5-12H2,1-2H3;1H. The van der Waals surface area contributed by atoms with Crippen LogP contribution in [0.3, 0.4) is 0 Å². The van der Waals surface area contributed by atoms with Gasteiger partial charge < -0.3 is 28.6 Å². The van der Waals surface area contributed by atoms with Gasteiger partial charge in [-0.1, -0.05) is 0 Å². The van der Waals surface area contributed by atoms with E-state index in [1.54, 1.807) is 30.0 Å². The minimum Gasteiger partial charge on any atom is -0.495 e. The average molecular weight is 488 g/mol. The number of nitrogens with zero attached hydrogens (tertiary/aromatic N) is 5. The zero-order valence-electron chi connectivity index (χ0n) is 19.5. The van der Waals surface area contributed by atoms with Crippen LogP contribution in [0.15, 0.2) is 41.5 Å². The molecule has 10 heteroatoms. The van der Waals surface area contributed by atoms with Gasteiger partial charge in [-0.05, 0) is 18.9 Å². The maximum absolute atomic E-state index is 12.6. The van der Waals surface area contributed by atoms with Crippen molar-refractivity contribution in [3.63, 3.8) is 0 Å². The number of aromatic nitrogens is 3. The maximum Gasteiger partial charge on any atom is 0.257 e. The number of piperidine rings is 1. The van der Waals surface area contributed by atoms with Crippen LogP contribution in [0.4, 0.5) is 5.69 Å². The lowest BCUT2D eigenvalue weighted by molar-refractivity contribution is 0.164. The molecular formula is C24H30ClN5O4. The molecule has 0 saturated carbocycles. The number of rotatable bonds is 6. The van der Waals surface area contributed by atoms with Crippen molar-refractivity contribution in [3.05, 3.63) is 47.0 Å². The predicted molar refractivity (Wildman–Crippen MR) is 133 cm³/mol. The van der Waals surface area contributed by atoms with Gasteiger partial charge in [0.1, 0.15) is 19.0 Å². The molecule has 0 aliphatic carbocycles. The van der Waals surface area contributed by atoms with E-state index >= 15 is 0 Å². The smallest absolute Gasteiger partial charge is 0.257 e. The Morgan fingerprint density at radius 1 is 1.09 bits per heavy atom. The van der Waals surface area contributed by atoms with Gasteiger partial charge in [0, 0.05) is 57.5 Å². The highest BCUT2D eigenvalue weighted by molar-refractivity contribution is 5.85. The van der Waals surface area contributed by atoms with Crippen LogP contribution in [0.1, 0.15) is 12.8 Å². The molecule has 0 spiro atoms. The molecule has 0 unspecified atom stereocenters. The number of halogens is 1. The molecule has 0 radical (unpaired) electrons. The largest absolute Gasteiger partial charge is 0.495 e. The molecular weight excluding hydrogens is 458 g/mol. The Bertz CT molecular complexity index is 1200. The summed E-state index contributed by atoms with van der Waals surface area (Å²) in [7, 11) is 3.72. The van der Waals surface area contributed by atoms with E-state index in [1.165, 1.54) is 0 Å². The van der Waals surface area contributed by atoms with Gasteiger partial charge in [-0.25, -0.2) is 4.98 Å². The third kappa shape index (κ3) is 4.90. The summed E-state index contributed by atoms with van der Waals surface area (Å²) in [5, 5.41) is 0. The Morgan fingerprint density at radius 2 is 1.88 bits per heavy atom. The zero-order chi connectivity index (χ0) is 22.8. The van der Waals surface area contributed by atoms with E-state index in [2.05, 4.69) is 26.8 Å². The Hall–Kier alpha value is -3.04. The number of pyridine rings is 3. The lowest BCUT2D eigenvalue weighted by Gasteiger charge is -2.38. The summed E-state index contributed by atoms with van der Waals surface area (Å²) in [5.41, 5.74) is 2.63. The normalized spacial score (nSPS) is 16.2. The van der Waals surface area contributed by atoms with E-state index in [1.807, 2.05) is 18.3 Å². The van der Waals surface area contributed by atoms with Gasteiger partial charge in [0.05, 0.1) is 36.2 Å². The maximum atomic E-state index is 12.6. The monoisotopic (exact) mass is 487 g/mol. The molecule has 5 heterocycles. The van der Waals surface area contributed by atoms with Crippen LogP contribution in [0.2, 0.25) is 0 Å². The average Bonchev–Trinajstić information content (AvgIpc) is 2.87. The Labute approximate surface area is 204 Å². The van der Waals surface area contributed by atoms with Gasteiger partial charge in [-0.2, -0.15) is 0 Å². The van der Waals surface area contributed by atoms with Crippen molar-refractivity contribution in [2.24, 2.45) is 0 Å². The van der Waals surface area contributed by atoms with Crippen LogP contribution in [0.5, 0.6) is 17.4 Å². The molecule has 0 aromatic carbocycles. The second kappa shape index (κ2) is 10.5. The molecule has 34 heavy (non-hydrogen) atoms. The van der Waals surface area contributed by atoms with Crippen molar-refractivity contribution in [1.82, 2.24) is 19.4 Å². The van der Waals surface area contributed by atoms with Gasteiger partial charge in [0.15, 0.2) is 5.75 Å². The Morgan fingerprint density at radius 3 is 2.68 bits per heavy atom. The summed E-state index contributed by atoms with van der Waals surface area (Å²) in [6.45, 7) is 4.50. The van der Waals surface area contributed by atoms with E-state index in [4.69, 9.17) is 14.2 Å². The topological polar surface area (TPSA) is 82.0 Å². The number of anilines is 1. The van der Waals surface area contributed by atoms with Crippen LogP contribution >= 0.6 is 12.4 Å². The van der Waals surface area contributed by atoms with Gasteiger partial charge in [-0.3, -0.25) is 9.78 Å². The zero-order valence-corrected chi connectivity index (χ0v) is 20.3. The van der Waals surface area contributed by atoms with Crippen molar-refractivity contribution < 1.29 is 14.2 Å². The molecule has 3 aromatic heterocycles. The number of hydrogen-bond acceptors (Lipinski definition) is 8. The summed E-state index contributed by atoms with van der Waals surface area (Å²) in [4.78, 5) is 26.1. The highest BCUT2D eigenvalue weighted by atomic mass is 35.5. The first-order valence-electron chi connectivity index (χ1n) is 11.4. The molecule has 0 bridgehead atoms. The molecule has 182 valence electrons. The predicted octanol–water partition coefficient (Wildman–Crippen LogP) is 2.59. The number of hydrogen-bond donors (Lipinski definition) is 0. The minimum atomic E-state index is -0.0155. The van der Waals surface area contributed by atoms with Crippen LogP contribution < -0.4 is 24.7 Å². The van der Waals surface area contributed by atoms with Crippen molar-refractivity contribution in [3.8, 4) is 17.4 Å². The Balaban J connectivity index is 0.00000274. The van der Waals surface area contributed by atoms with E-state index in [0.717, 1.165) is 54.9 Å². The van der Waals surface area contributed by atoms with Gasteiger partial charge in [-0.15, -0.1) is 12.4 Å². The van der Waals surface area contributed by atoms with Gasteiger partial charge in [0.25, 0.3) is 11.4 Å². The third-order valence-electron chi connectivity index (χ3n) is 6.58.